The summed E-state index contributed by atoms with van der Waals surface area (Å²) in [6.07, 6.45) is 1.85. The summed E-state index contributed by atoms with van der Waals surface area (Å²) in [6, 6.07) is 4.40. The second kappa shape index (κ2) is 7.44. The normalized spacial score (nSPS) is 12.7. The average molecular weight is 276 g/mol. The van der Waals surface area contributed by atoms with Crippen LogP contribution in [0.15, 0.2) is 18.3 Å². The number of nitrogens with one attached hydrogen (secondary N) is 1. The van der Waals surface area contributed by atoms with Crippen molar-refractivity contribution in [2.75, 3.05) is 13.7 Å². The molecular formula is C15H24N2OSi. The van der Waals surface area contributed by atoms with E-state index in [-0.39, 0.29) is 0 Å². The maximum atomic E-state index is 5.08. The Kier molecular flexibility index (Phi) is 6.23. The summed E-state index contributed by atoms with van der Waals surface area (Å²) in [5.41, 5.74) is 5.37. The van der Waals surface area contributed by atoms with Gasteiger partial charge in [-0.15, -0.1) is 5.54 Å². The first-order valence-electron chi connectivity index (χ1n) is 6.61. The van der Waals surface area contributed by atoms with Gasteiger partial charge in [-0.1, -0.05) is 25.6 Å². The maximum absolute atomic E-state index is 5.08. The van der Waals surface area contributed by atoms with Crippen molar-refractivity contribution in [2.45, 2.75) is 39.2 Å². The molecule has 0 radical (unpaired) electrons. The Morgan fingerprint density at radius 1 is 1.37 bits per heavy atom. The van der Waals surface area contributed by atoms with Crippen molar-refractivity contribution in [1.82, 2.24) is 10.3 Å². The lowest BCUT2D eigenvalue weighted by Gasteiger charge is -2.11. The number of ether oxygens (including phenoxy) is 1. The monoisotopic (exact) mass is 276 g/mol. The van der Waals surface area contributed by atoms with Crippen LogP contribution in [0.4, 0.5) is 0 Å². The van der Waals surface area contributed by atoms with E-state index in [0.717, 1.165) is 17.8 Å². The zero-order chi connectivity index (χ0) is 14.3. The zero-order valence-electron chi connectivity index (χ0n) is 12.6. The minimum Gasteiger partial charge on any atom is -0.383 e. The van der Waals surface area contributed by atoms with Gasteiger partial charge in [-0.3, -0.25) is 4.98 Å². The van der Waals surface area contributed by atoms with E-state index < -0.39 is 8.07 Å². The first-order chi connectivity index (χ1) is 8.90. The van der Waals surface area contributed by atoms with Crippen LogP contribution in [0.3, 0.4) is 0 Å². The summed E-state index contributed by atoms with van der Waals surface area (Å²) in [5, 5.41) is 3.36. The van der Waals surface area contributed by atoms with Crippen LogP contribution in [0.25, 0.3) is 0 Å². The topological polar surface area (TPSA) is 34.1 Å². The molecule has 0 amide bonds. The summed E-state index contributed by atoms with van der Waals surface area (Å²) in [4.78, 5) is 4.42. The quantitative estimate of drug-likeness (QED) is 0.662. The lowest BCUT2D eigenvalue weighted by atomic mass is 10.2. The Bertz CT molecular complexity index is 440. The van der Waals surface area contributed by atoms with Gasteiger partial charge in [-0.25, -0.2) is 0 Å². The van der Waals surface area contributed by atoms with Crippen LogP contribution in [-0.2, 0) is 11.3 Å². The number of pyridine rings is 1. The molecule has 0 saturated carbocycles. The van der Waals surface area contributed by atoms with Crippen molar-refractivity contribution >= 4 is 8.07 Å². The lowest BCUT2D eigenvalue weighted by Crippen LogP contribution is -2.29. The predicted molar refractivity (Wildman–Crippen MR) is 82.6 cm³/mol. The number of aromatic nitrogens is 1. The molecule has 0 aliphatic carbocycles. The number of hydrogen-bond acceptors (Lipinski definition) is 3. The molecule has 0 saturated heterocycles. The zero-order valence-corrected chi connectivity index (χ0v) is 13.6. The van der Waals surface area contributed by atoms with E-state index >= 15 is 0 Å². The molecule has 1 atom stereocenters. The highest BCUT2D eigenvalue weighted by Gasteiger charge is 2.07. The molecule has 1 aromatic heterocycles. The molecule has 1 aromatic rings. The van der Waals surface area contributed by atoms with Gasteiger partial charge in [-0.05, 0) is 19.1 Å². The molecule has 19 heavy (non-hydrogen) atoms. The summed E-state index contributed by atoms with van der Waals surface area (Å²) in [5.74, 6) is 3.21. The van der Waals surface area contributed by atoms with Crippen molar-refractivity contribution in [3.05, 3.63) is 29.6 Å². The van der Waals surface area contributed by atoms with E-state index in [1.165, 1.54) is 0 Å². The van der Waals surface area contributed by atoms with Crippen LogP contribution in [0.5, 0.6) is 0 Å². The minimum atomic E-state index is -1.31. The standard InChI is InChI=1S/C15H24N2OSi/c1-13(12-18-2)16-11-15-7-6-14(10-17-15)8-9-19(3,4)5/h6-7,10,13,16H,11-12H2,1-5H3. The van der Waals surface area contributed by atoms with E-state index in [1.807, 2.05) is 18.3 Å². The fraction of sp³-hybridized carbons (Fsp3) is 0.533. The second-order valence-electron chi connectivity index (χ2n) is 5.78. The molecule has 0 aliphatic heterocycles. The van der Waals surface area contributed by atoms with Gasteiger partial charge >= 0.3 is 0 Å². The minimum absolute atomic E-state index is 0.332. The van der Waals surface area contributed by atoms with E-state index in [9.17, 15) is 0 Å². The van der Waals surface area contributed by atoms with Crippen molar-refractivity contribution in [1.29, 1.82) is 0 Å². The van der Waals surface area contributed by atoms with Crippen LogP contribution in [0.1, 0.15) is 18.2 Å². The molecule has 0 aromatic carbocycles. The Morgan fingerprint density at radius 3 is 2.63 bits per heavy atom. The fourth-order valence-electron chi connectivity index (χ4n) is 1.45. The number of methoxy groups -OCH3 is 1. The highest BCUT2D eigenvalue weighted by atomic mass is 28.3. The first kappa shape index (κ1) is 15.9. The van der Waals surface area contributed by atoms with Gasteiger partial charge in [-0.2, -0.15) is 0 Å². The molecular weight excluding hydrogens is 252 g/mol. The van der Waals surface area contributed by atoms with Crippen molar-refractivity contribution in [3.63, 3.8) is 0 Å². The van der Waals surface area contributed by atoms with Gasteiger partial charge in [0.2, 0.25) is 0 Å². The van der Waals surface area contributed by atoms with E-state index in [4.69, 9.17) is 4.74 Å². The van der Waals surface area contributed by atoms with Crippen LogP contribution in [-0.4, -0.2) is 32.8 Å². The highest BCUT2D eigenvalue weighted by molar-refractivity contribution is 6.83. The first-order valence-corrected chi connectivity index (χ1v) is 10.1. The summed E-state index contributed by atoms with van der Waals surface area (Å²) in [7, 11) is 0.403. The van der Waals surface area contributed by atoms with Gasteiger partial charge in [0, 0.05) is 31.5 Å². The third kappa shape index (κ3) is 7.11. The summed E-state index contributed by atoms with van der Waals surface area (Å²) < 4.78 is 5.08. The summed E-state index contributed by atoms with van der Waals surface area (Å²) in [6.45, 7) is 10.3. The molecule has 0 bridgehead atoms. The van der Waals surface area contributed by atoms with Crippen LogP contribution < -0.4 is 5.32 Å². The Labute approximate surface area is 117 Å². The van der Waals surface area contributed by atoms with Gasteiger partial charge < -0.3 is 10.1 Å². The molecule has 3 nitrogen and oxygen atoms in total. The van der Waals surface area contributed by atoms with Gasteiger partial charge in [0.1, 0.15) is 8.07 Å². The predicted octanol–water partition coefficient (Wildman–Crippen LogP) is 2.44. The average Bonchev–Trinajstić information content (AvgIpc) is 2.34. The van der Waals surface area contributed by atoms with Crippen LogP contribution >= 0.6 is 0 Å². The fourth-order valence-corrected chi connectivity index (χ4v) is 1.97. The molecule has 0 spiro atoms. The molecule has 1 N–H and O–H groups in total. The molecule has 1 unspecified atom stereocenters. The van der Waals surface area contributed by atoms with Crippen molar-refractivity contribution < 1.29 is 4.74 Å². The van der Waals surface area contributed by atoms with Crippen LogP contribution in [0.2, 0.25) is 19.6 Å². The molecule has 104 valence electrons. The number of nitrogens with zero attached hydrogens (tertiary/aromatic N) is 1. The Balaban J connectivity index is 2.54. The third-order valence-corrected chi connectivity index (χ3v) is 3.33. The highest BCUT2D eigenvalue weighted by Crippen LogP contribution is 2.02. The van der Waals surface area contributed by atoms with Gasteiger partial charge in [0.15, 0.2) is 0 Å². The van der Waals surface area contributed by atoms with Gasteiger partial charge in [0.25, 0.3) is 0 Å². The molecule has 0 fully saturated rings. The molecule has 1 heterocycles. The number of rotatable bonds is 5. The molecule has 0 aliphatic rings. The molecule has 4 heteroatoms. The largest absolute Gasteiger partial charge is 0.383 e. The van der Waals surface area contributed by atoms with Crippen molar-refractivity contribution in [2.24, 2.45) is 0 Å². The van der Waals surface area contributed by atoms with Crippen molar-refractivity contribution in [3.8, 4) is 11.5 Å². The van der Waals surface area contributed by atoms with E-state index in [1.54, 1.807) is 7.11 Å². The maximum Gasteiger partial charge on any atom is 0.129 e. The molecule has 1 rings (SSSR count). The smallest absolute Gasteiger partial charge is 0.129 e. The van der Waals surface area contributed by atoms with Gasteiger partial charge in [0.05, 0.1) is 12.3 Å². The summed E-state index contributed by atoms with van der Waals surface area (Å²) >= 11 is 0. The lowest BCUT2D eigenvalue weighted by molar-refractivity contribution is 0.171. The SMILES string of the molecule is COCC(C)NCc1ccc(C#C[Si](C)(C)C)cn1. The third-order valence-electron chi connectivity index (χ3n) is 2.45. The number of hydrogen-bond donors (Lipinski definition) is 1. The Hall–Kier alpha value is -1.15. The second-order valence-corrected chi connectivity index (χ2v) is 10.5. The van der Waals surface area contributed by atoms with Crippen LogP contribution in [0, 0.1) is 11.5 Å². The Morgan fingerprint density at radius 2 is 2.11 bits per heavy atom. The van der Waals surface area contributed by atoms with E-state index in [0.29, 0.717) is 12.6 Å². The van der Waals surface area contributed by atoms with E-state index in [2.05, 4.69) is 48.3 Å².